The fraction of sp³-hybridized carbons (Fsp3) is 0.238. The zero-order valence-electron chi connectivity index (χ0n) is 15.4. The normalized spacial score (nSPS) is 16.8. The van der Waals surface area contributed by atoms with Crippen molar-refractivity contribution in [3.8, 4) is 22.5 Å². The number of rotatable bonds is 3. The van der Waals surface area contributed by atoms with E-state index < -0.39 is 0 Å². The number of tetrazole rings is 1. The molecule has 0 spiro atoms. The highest BCUT2D eigenvalue weighted by molar-refractivity contribution is 6.31. The van der Waals surface area contributed by atoms with Gasteiger partial charge in [0, 0.05) is 28.6 Å². The molecule has 1 atom stereocenters. The molecule has 1 fully saturated rings. The van der Waals surface area contributed by atoms with Crippen LogP contribution in [0.3, 0.4) is 0 Å². The number of benzene rings is 2. The van der Waals surface area contributed by atoms with E-state index >= 15 is 0 Å². The van der Waals surface area contributed by atoms with Crippen LogP contribution in [0.25, 0.3) is 33.4 Å². The van der Waals surface area contributed by atoms with Gasteiger partial charge in [0.05, 0.1) is 11.1 Å². The maximum Gasteiger partial charge on any atom is 0.183 e. The van der Waals surface area contributed by atoms with Crippen molar-refractivity contribution >= 4 is 28.3 Å². The molecule has 7 heteroatoms. The summed E-state index contributed by atoms with van der Waals surface area (Å²) in [5.41, 5.74) is 3.95. The molecule has 5 rings (SSSR count). The lowest BCUT2D eigenvalue weighted by Gasteiger charge is -2.27. The molecule has 1 N–H and O–H groups in total. The Kier molecular flexibility index (Phi) is 4.20. The first kappa shape index (κ1) is 17.1. The number of aromatic nitrogens is 5. The number of nitrogens with zero attached hydrogens (tertiary/aromatic N) is 5. The molecule has 0 radical (unpaired) electrons. The van der Waals surface area contributed by atoms with Gasteiger partial charge in [-0.05, 0) is 54.0 Å². The SMILES string of the molecule is CC1CCCN1c1nc2ccc(Cl)cc2c(-c2ccccc2)c1-c1nnn[nH]1. The van der Waals surface area contributed by atoms with Crippen LogP contribution in [0.5, 0.6) is 0 Å². The van der Waals surface area contributed by atoms with Gasteiger partial charge < -0.3 is 4.90 Å². The number of fused-ring (bicyclic) bond motifs is 1. The van der Waals surface area contributed by atoms with Crippen LogP contribution in [0.15, 0.2) is 48.5 Å². The van der Waals surface area contributed by atoms with E-state index in [4.69, 9.17) is 16.6 Å². The van der Waals surface area contributed by atoms with Crippen LogP contribution in [0.4, 0.5) is 5.82 Å². The van der Waals surface area contributed by atoms with E-state index in [9.17, 15) is 0 Å². The van der Waals surface area contributed by atoms with Crippen molar-refractivity contribution < 1.29 is 0 Å². The molecule has 3 heterocycles. The van der Waals surface area contributed by atoms with E-state index in [1.54, 1.807) is 0 Å². The summed E-state index contributed by atoms with van der Waals surface area (Å²) in [5, 5.41) is 16.5. The zero-order valence-corrected chi connectivity index (χ0v) is 16.2. The summed E-state index contributed by atoms with van der Waals surface area (Å²) >= 11 is 6.36. The van der Waals surface area contributed by atoms with Crippen molar-refractivity contribution in [3.05, 3.63) is 53.6 Å². The van der Waals surface area contributed by atoms with Crippen LogP contribution in [-0.2, 0) is 0 Å². The Morgan fingerprint density at radius 1 is 1.11 bits per heavy atom. The van der Waals surface area contributed by atoms with Gasteiger partial charge in [-0.2, -0.15) is 0 Å². The number of pyridine rings is 1. The van der Waals surface area contributed by atoms with Gasteiger partial charge in [0.25, 0.3) is 0 Å². The van der Waals surface area contributed by atoms with Gasteiger partial charge >= 0.3 is 0 Å². The van der Waals surface area contributed by atoms with Crippen molar-refractivity contribution in [2.24, 2.45) is 0 Å². The van der Waals surface area contributed by atoms with Crippen molar-refractivity contribution in [2.75, 3.05) is 11.4 Å². The minimum atomic E-state index is 0.413. The zero-order chi connectivity index (χ0) is 19.1. The molecule has 1 saturated heterocycles. The Hall–Kier alpha value is -2.99. The van der Waals surface area contributed by atoms with Crippen molar-refractivity contribution in [2.45, 2.75) is 25.8 Å². The molecule has 1 aliphatic rings. The Morgan fingerprint density at radius 2 is 1.96 bits per heavy atom. The standard InChI is InChI=1S/C21H19ClN6/c1-13-6-5-11-28(13)21-19(20-24-26-27-25-20)18(14-7-3-2-4-8-14)16-12-15(22)9-10-17(16)23-21/h2-4,7-10,12-13H,5-6,11H2,1H3,(H,24,25,26,27). The maximum absolute atomic E-state index is 6.36. The summed E-state index contributed by atoms with van der Waals surface area (Å²) < 4.78 is 0. The summed E-state index contributed by atoms with van der Waals surface area (Å²) in [6.45, 7) is 3.21. The van der Waals surface area contributed by atoms with Gasteiger partial charge in [-0.1, -0.05) is 41.9 Å². The van der Waals surface area contributed by atoms with Gasteiger partial charge in [0.15, 0.2) is 5.82 Å². The van der Waals surface area contributed by atoms with E-state index in [0.29, 0.717) is 16.9 Å². The number of H-pyrrole nitrogens is 1. The molecule has 4 aromatic rings. The van der Waals surface area contributed by atoms with Crippen molar-refractivity contribution in [1.82, 2.24) is 25.6 Å². The average Bonchev–Trinajstić information content (AvgIpc) is 3.39. The molecule has 140 valence electrons. The molecule has 0 aliphatic carbocycles. The van der Waals surface area contributed by atoms with Gasteiger partial charge in [0.2, 0.25) is 0 Å². The quantitative estimate of drug-likeness (QED) is 0.547. The van der Waals surface area contributed by atoms with Gasteiger partial charge in [-0.25, -0.2) is 10.1 Å². The number of halogens is 1. The first-order chi connectivity index (χ1) is 13.7. The minimum absolute atomic E-state index is 0.413. The predicted octanol–water partition coefficient (Wildman–Crippen LogP) is 4.72. The van der Waals surface area contributed by atoms with Crippen LogP contribution in [0.2, 0.25) is 5.02 Å². The van der Waals surface area contributed by atoms with Crippen LogP contribution >= 0.6 is 11.6 Å². The largest absolute Gasteiger partial charge is 0.353 e. The second-order valence-electron chi connectivity index (χ2n) is 7.15. The number of anilines is 1. The van der Waals surface area contributed by atoms with Crippen LogP contribution < -0.4 is 4.90 Å². The predicted molar refractivity (Wildman–Crippen MR) is 111 cm³/mol. The molecule has 2 aromatic carbocycles. The fourth-order valence-electron chi connectivity index (χ4n) is 4.07. The summed E-state index contributed by atoms with van der Waals surface area (Å²) in [7, 11) is 0. The lowest BCUT2D eigenvalue weighted by atomic mass is 9.94. The molecule has 2 aromatic heterocycles. The number of nitrogens with one attached hydrogen (secondary N) is 1. The van der Waals surface area contributed by atoms with Gasteiger partial charge in [0.1, 0.15) is 5.82 Å². The molecule has 1 aliphatic heterocycles. The molecule has 1 unspecified atom stereocenters. The second kappa shape index (κ2) is 6.87. The van der Waals surface area contributed by atoms with Crippen LogP contribution in [0, 0.1) is 0 Å². The van der Waals surface area contributed by atoms with E-state index in [1.165, 1.54) is 0 Å². The van der Waals surface area contributed by atoms with Crippen molar-refractivity contribution in [1.29, 1.82) is 0 Å². The lowest BCUT2D eigenvalue weighted by molar-refractivity contribution is 0.729. The molecular formula is C21H19ClN6. The molecule has 28 heavy (non-hydrogen) atoms. The maximum atomic E-state index is 6.36. The summed E-state index contributed by atoms with van der Waals surface area (Å²) in [5.74, 6) is 1.53. The molecule has 0 saturated carbocycles. The first-order valence-electron chi connectivity index (χ1n) is 9.42. The molecular weight excluding hydrogens is 372 g/mol. The molecule has 0 amide bonds. The Balaban J connectivity index is 1.92. The van der Waals surface area contributed by atoms with Crippen LogP contribution in [0.1, 0.15) is 19.8 Å². The molecule has 0 bridgehead atoms. The van der Waals surface area contributed by atoms with E-state index in [0.717, 1.165) is 52.8 Å². The molecule has 6 nitrogen and oxygen atoms in total. The highest BCUT2D eigenvalue weighted by atomic mass is 35.5. The average molecular weight is 391 g/mol. The third-order valence-corrected chi connectivity index (χ3v) is 5.63. The summed E-state index contributed by atoms with van der Waals surface area (Å²) in [4.78, 5) is 7.40. The number of aromatic amines is 1. The summed E-state index contributed by atoms with van der Waals surface area (Å²) in [6.07, 6.45) is 2.30. The minimum Gasteiger partial charge on any atom is -0.353 e. The second-order valence-corrected chi connectivity index (χ2v) is 7.58. The topological polar surface area (TPSA) is 70.6 Å². The van der Waals surface area contributed by atoms with Crippen molar-refractivity contribution in [3.63, 3.8) is 0 Å². The van der Waals surface area contributed by atoms with Gasteiger partial charge in [-0.3, -0.25) is 0 Å². The number of hydrogen-bond acceptors (Lipinski definition) is 5. The Bertz CT molecular complexity index is 1130. The van der Waals surface area contributed by atoms with Gasteiger partial charge in [-0.15, -0.1) is 5.10 Å². The third-order valence-electron chi connectivity index (χ3n) is 5.40. The number of hydrogen-bond donors (Lipinski definition) is 1. The first-order valence-corrected chi connectivity index (χ1v) is 9.79. The Morgan fingerprint density at radius 3 is 2.68 bits per heavy atom. The van der Waals surface area contributed by atoms with E-state index in [1.807, 2.05) is 36.4 Å². The fourth-order valence-corrected chi connectivity index (χ4v) is 4.24. The highest BCUT2D eigenvalue weighted by Gasteiger charge is 2.29. The third kappa shape index (κ3) is 2.81. The monoisotopic (exact) mass is 390 g/mol. The highest BCUT2D eigenvalue weighted by Crippen LogP contribution is 2.43. The lowest BCUT2D eigenvalue weighted by Crippen LogP contribution is -2.28. The van der Waals surface area contributed by atoms with E-state index in [-0.39, 0.29) is 0 Å². The smallest absolute Gasteiger partial charge is 0.183 e. The summed E-state index contributed by atoms with van der Waals surface area (Å²) in [6, 6.07) is 16.5. The Labute approximate surface area is 167 Å². The van der Waals surface area contributed by atoms with Crippen LogP contribution in [-0.4, -0.2) is 38.2 Å². The van der Waals surface area contributed by atoms with E-state index in [2.05, 4.69) is 44.6 Å².